The molecule has 0 atom stereocenters. The van der Waals surface area contributed by atoms with Gasteiger partial charge < -0.3 is 9.32 Å². The average Bonchev–Trinajstić information content (AvgIpc) is 2.95. The number of rotatable bonds is 2. The van der Waals surface area contributed by atoms with Crippen molar-refractivity contribution in [2.75, 3.05) is 20.1 Å². The Morgan fingerprint density at radius 2 is 1.72 bits per heavy atom. The van der Waals surface area contributed by atoms with E-state index in [0.29, 0.717) is 0 Å². The van der Waals surface area contributed by atoms with E-state index in [4.69, 9.17) is 4.42 Å². The topological polar surface area (TPSA) is 16.4 Å². The van der Waals surface area contributed by atoms with Crippen molar-refractivity contribution in [2.45, 2.75) is 18.3 Å². The molecule has 0 saturated carbocycles. The van der Waals surface area contributed by atoms with Crippen LogP contribution in [0.15, 0.2) is 53.1 Å². The van der Waals surface area contributed by atoms with Crippen LogP contribution in [0.1, 0.15) is 24.2 Å². The van der Waals surface area contributed by atoms with Gasteiger partial charge in [-0.2, -0.15) is 0 Å². The molecular formula is C16H19NO. The first kappa shape index (κ1) is 11.5. The molecule has 2 aromatic rings. The Bertz CT molecular complexity index is 481. The summed E-state index contributed by atoms with van der Waals surface area (Å²) in [5, 5.41) is 0. The highest BCUT2D eigenvalue weighted by molar-refractivity contribution is 5.35. The van der Waals surface area contributed by atoms with Gasteiger partial charge in [-0.3, -0.25) is 0 Å². The normalized spacial score (nSPS) is 19.8. The smallest absolute Gasteiger partial charge is 0.114 e. The molecule has 1 saturated heterocycles. The van der Waals surface area contributed by atoms with E-state index >= 15 is 0 Å². The lowest BCUT2D eigenvalue weighted by Gasteiger charge is -2.39. The van der Waals surface area contributed by atoms with Crippen molar-refractivity contribution < 1.29 is 4.42 Å². The van der Waals surface area contributed by atoms with Crippen LogP contribution in [0.3, 0.4) is 0 Å². The summed E-state index contributed by atoms with van der Waals surface area (Å²) in [6.07, 6.45) is 4.04. The molecule has 1 aromatic heterocycles. The molecule has 2 heteroatoms. The lowest BCUT2D eigenvalue weighted by atomic mass is 9.71. The summed E-state index contributed by atoms with van der Waals surface area (Å²) < 4.78 is 5.75. The Morgan fingerprint density at radius 1 is 1.00 bits per heavy atom. The Labute approximate surface area is 108 Å². The van der Waals surface area contributed by atoms with Gasteiger partial charge in [0.15, 0.2) is 0 Å². The van der Waals surface area contributed by atoms with Crippen LogP contribution in [-0.2, 0) is 5.41 Å². The molecule has 3 rings (SSSR count). The van der Waals surface area contributed by atoms with Crippen LogP contribution >= 0.6 is 0 Å². The first-order valence-electron chi connectivity index (χ1n) is 6.59. The third kappa shape index (κ3) is 1.87. The molecule has 94 valence electrons. The number of hydrogen-bond donors (Lipinski definition) is 0. The lowest BCUT2D eigenvalue weighted by Crippen LogP contribution is -2.41. The Kier molecular flexibility index (Phi) is 2.96. The minimum atomic E-state index is 0.0667. The predicted molar refractivity (Wildman–Crippen MR) is 72.7 cm³/mol. The van der Waals surface area contributed by atoms with Gasteiger partial charge in [-0.25, -0.2) is 0 Å². The van der Waals surface area contributed by atoms with E-state index in [1.807, 2.05) is 6.07 Å². The fraction of sp³-hybridized carbons (Fsp3) is 0.375. The maximum absolute atomic E-state index is 5.75. The van der Waals surface area contributed by atoms with Crippen LogP contribution in [0.25, 0.3) is 0 Å². The number of nitrogens with zero attached hydrogens (tertiary/aromatic N) is 1. The zero-order valence-corrected chi connectivity index (χ0v) is 10.8. The third-order valence-corrected chi connectivity index (χ3v) is 4.16. The molecule has 1 aromatic carbocycles. The van der Waals surface area contributed by atoms with Crippen molar-refractivity contribution in [3.8, 4) is 0 Å². The first-order chi connectivity index (χ1) is 8.81. The Morgan fingerprint density at radius 3 is 2.33 bits per heavy atom. The van der Waals surface area contributed by atoms with E-state index in [1.165, 1.54) is 5.56 Å². The maximum Gasteiger partial charge on any atom is 0.114 e. The number of hydrogen-bond acceptors (Lipinski definition) is 2. The molecule has 0 radical (unpaired) electrons. The SMILES string of the molecule is CN1CCC(c2ccccc2)(c2ccco2)CC1. The molecule has 0 spiro atoms. The van der Waals surface area contributed by atoms with Gasteiger partial charge in [0.25, 0.3) is 0 Å². The standard InChI is InChI=1S/C16H19NO/c1-17-11-9-16(10-12-17,15-8-5-13-18-15)14-6-3-2-4-7-14/h2-8,13H,9-12H2,1H3. The second-order valence-electron chi connectivity index (χ2n) is 5.23. The number of benzene rings is 1. The fourth-order valence-electron chi connectivity index (χ4n) is 2.99. The van der Waals surface area contributed by atoms with E-state index in [9.17, 15) is 0 Å². The maximum atomic E-state index is 5.75. The largest absolute Gasteiger partial charge is 0.468 e. The summed E-state index contributed by atoms with van der Waals surface area (Å²) in [5.74, 6) is 1.11. The van der Waals surface area contributed by atoms with Crippen molar-refractivity contribution in [1.82, 2.24) is 4.90 Å². The third-order valence-electron chi connectivity index (χ3n) is 4.16. The molecule has 0 unspecified atom stereocenters. The molecule has 1 aliphatic rings. The van der Waals surface area contributed by atoms with Crippen LogP contribution in [0.5, 0.6) is 0 Å². The van der Waals surface area contributed by atoms with Crippen molar-refractivity contribution in [3.63, 3.8) is 0 Å². The van der Waals surface area contributed by atoms with Crippen LogP contribution in [0, 0.1) is 0 Å². The molecule has 0 bridgehead atoms. The zero-order chi connectivity index (χ0) is 12.4. The van der Waals surface area contributed by atoms with Crippen LogP contribution in [-0.4, -0.2) is 25.0 Å². The highest BCUT2D eigenvalue weighted by Gasteiger charge is 2.39. The molecular weight excluding hydrogens is 222 g/mol. The van der Waals surface area contributed by atoms with E-state index in [0.717, 1.165) is 31.7 Å². The van der Waals surface area contributed by atoms with Gasteiger partial charge in [-0.05, 0) is 50.7 Å². The van der Waals surface area contributed by atoms with Crippen molar-refractivity contribution in [3.05, 3.63) is 60.1 Å². The molecule has 0 aliphatic carbocycles. The van der Waals surface area contributed by atoms with E-state index in [1.54, 1.807) is 6.26 Å². The van der Waals surface area contributed by atoms with Crippen LogP contribution in [0.4, 0.5) is 0 Å². The average molecular weight is 241 g/mol. The molecule has 2 nitrogen and oxygen atoms in total. The molecule has 0 amide bonds. The second-order valence-corrected chi connectivity index (χ2v) is 5.23. The van der Waals surface area contributed by atoms with Gasteiger partial charge in [0.2, 0.25) is 0 Å². The molecule has 1 fully saturated rings. The highest BCUT2D eigenvalue weighted by atomic mass is 16.3. The summed E-state index contributed by atoms with van der Waals surface area (Å²) in [4.78, 5) is 2.39. The van der Waals surface area contributed by atoms with E-state index in [-0.39, 0.29) is 5.41 Å². The fourth-order valence-corrected chi connectivity index (χ4v) is 2.99. The number of furan rings is 1. The van der Waals surface area contributed by atoms with Gasteiger partial charge in [-0.1, -0.05) is 30.3 Å². The van der Waals surface area contributed by atoms with Crippen molar-refractivity contribution in [1.29, 1.82) is 0 Å². The second kappa shape index (κ2) is 4.62. The summed E-state index contributed by atoms with van der Waals surface area (Å²) in [6, 6.07) is 14.9. The number of likely N-dealkylation sites (tertiary alicyclic amines) is 1. The van der Waals surface area contributed by atoms with Gasteiger partial charge >= 0.3 is 0 Å². The van der Waals surface area contributed by atoms with Gasteiger partial charge in [0.05, 0.1) is 11.7 Å². The van der Waals surface area contributed by atoms with Crippen LogP contribution in [0.2, 0.25) is 0 Å². The first-order valence-corrected chi connectivity index (χ1v) is 6.59. The number of piperidine rings is 1. The van der Waals surface area contributed by atoms with Gasteiger partial charge in [0, 0.05) is 0 Å². The van der Waals surface area contributed by atoms with Crippen molar-refractivity contribution in [2.24, 2.45) is 0 Å². The van der Waals surface area contributed by atoms with E-state index in [2.05, 4.69) is 48.3 Å². The summed E-state index contributed by atoms with van der Waals surface area (Å²) >= 11 is 0. The minimum absolute atomic E-state index is 0.0667. The summed E-state index contributed by atoms with van der Waals surface area (Å²) in [7, 11) is 2.19. The zero-order valence-electron chi connectivity index (χ0n) is 10.8. The highest BCUT2D eigenvalue weighted by Crippen LogP contribution is 2.41. The summed E-state index contributed by atoms with van der Waals surface area (Å²) in [6.45, 7) is 2.24. The van der Waals surface area contributed by atoms with Gasteiger partial charge in [-0.15, -0.1) is 0 Å². The predicted octanol–water partition coefficient (Wildman–Crippen LogP) is 3.29. The Balaban J connectivity index is 2.04. The summed E-state index contributed by atoms with van der Waals surface area (Å²) in [5.41, 5.74) is 1.45. The molecule has 2 heterocycles. The van der Waals surface area contributed by atoms with Crippen molar-refractivity contribution >= 4 is 0 Å². The molecule has 1 aliphatic heterocycles. The van der Waals surface area contributed by atoms with E-state index < -0.39 is 0 Å². The molecule has 0 N–H and O–H groups in total. The Hall–Kier alpha value is -1.54. The van der Waals surface area contributed by atoms with Crippen LogP contribution < -0.4 is 0 Å². The van der Waals surface area contributed by atoms with Gasteiger partial charge in [0.1, 0.15) is 5.76 Å². The molecule has 18 heavy (non-hydrogen) atoms. The quantitative estimate of drug-likeness (QED) is 0.802. The monoisotopic (exact) mass is 241 g/mol. The lowest BCUT2D eigenvalue weighted by molar-refractivity contribution is 0.193. The minimum Gasteiger partial charge on any atom is -0.468 e.